The molecule has 0 aromatic carbocycles. The minimum atomic E-state index is 0.787. The Morgan fingerprint density at radius 1 is 1.43 bits per heavy atom. The second-order valence-electron chi connectivity index (χ2n) is 3.36. The van der Waals surface area contributed by atoms with E-state index in [4.69, 9.17) is 4.74 Å². The SMILES string of the molecule is CNCCCCCOc1cnn(C)c1. The van der Waals surface area contributed by atoms with Gasteiger partial charge < -0.3 is 10.1 Å². The van der Waals surface area contributed by atoms with Crippen LogP contribution in [0.5, 0.6) is 5.75 Å². The number of unbranched alkanes of at least 4 members (excludes halogenated alkanes) is 2. The highest BCUT2D eigenvalue weighted by molar-refractivity contribution is 5.10. The van der Waals surface area contributed by atoms with Crippen LogP contribution in [-0.2, 0) is 7.05 Å². The highest BCUT2D eigenvalue weighted by Crippen LogP contribution is 2.07. The van der Waals surface area contributed by atoms with E-state index in [2.05, 4.69) is 10.4 Å². The summed E-state index contributed by atoms with van der Waals surface area (Å²) in [6.45, 7) is 1.88. The van der Waals surface area contributed by atoms with Crippen molar-refractivity contribution in [3.63, 3.8) is 0 Å². The molecular weight excluding hydrogens is 178 g/mol. The maximum Gasteiger partial charge on any atom is 0.157 e. The van der Waals surface area contributed by atoms with Gasteiger partial charge >= 0.3 is 0 Å². The largest absolute Gasteiger partial charge is 0.490 e. The third-order valence-electron chi connectivity index (χ3n) is 2.02. The molecule has 0 spiro atoms. The van der Waals surface area contributed by atoms with Crippen LogP contribution in [0.2, 0.25) is 0 Å². The van der Waals surface area contributed by atoms with Gasteiger partial charge in [-0.1, -0.05) is 0 Å². The van der Waals surface area contributed by atoms with E-state index in [1.54, 1.807) is 10.9 Å². The molecule has 0 saturated heterocycles. The van der Waals surface area contributed by atoms with Crippen LogP contribution >= 0.6 is 0 Å². The predicted octanol–water partition coefficient (Wildman–Crippen LogP) is 1.19. The van der Waals surface area contributed by atoms with Crippen LogP contribution in [0.4, 0.5) is 0 Å². The molecular formula is C10H19N3O. The molecule has 1 heterocycles. The molecule has 1 rings (SSSR count). The van der Waals surface area contributed by atoms with Gasteiger partial charge in [0.05, 0.1) is 19.0 Å². The summed E-state index contributed by atoms with van der Waals surface area (Å²) in [4.78, 5) is 0. The maximum absolute atomic E-state index is 5.50. The lowest BCUT2D eigenvalue weighted by Crippen LogP contribution is -2.07. The van der Waals surface area contributed by atoms with Gasteiger partial charge in [0.15, 0.2) is 5.75 Å². The van der Waals surface area contributed by atoms with Crippen molar-refractivity contribution >= 4 is 0 Å². The number of aromatic nitrogens is 2. The Labute approximate surface area is 85.3 Å². The Morgan fingerprint density at radius 3 is 2.93 bits per heavy atom. The summed E-state index contributed by atoms with van der Waals surface area (Å²) in [6.07, 6.45) is 7.16. The topological polar surface area (TPSA) is 39.1 Å². The quantitative estimate of drug-likeness (QED) is 0.667. The lowest BCUT2D eigenvalue weighted by atomic mass is 10.2. The maximum atomic E-state index is 5.50. The van der Waals surface area contributed by atoms with Crippen molar-refractivity contribution in [2.45, 2.75) is 19.3 Å². The van der Waals surface area contributed by atoms with Crippen LogP contribution < -0.4 is 10.1 Å². The normalized spacial score (nSPS) is 10.4. The molecule has 0 radical (unpaired) electrons. The smallest absolute Gasteiger partial charge is 0.157 e. The van der Waals surface area contributed by atoms with Crippen LogP contribution in [0.25, 0.3) is 0 Å². The van der Waals surface area contributed by atoms with Gasteiger partial charge in [0.1, 0.15) is 0 Å². The molecule has 80 valence electrons. The van der Waals surface area contributed by atoms with E-state index in [0.717, 1.165) is 25.3 Å². The van der Waals surface area contributed by atoms with Gasteiger partial charge in [-0.15, -0.1) is 0 Å². The van der Waals surface area contributed by atoms with Gasteiger partial charge in [-0.25, -0.2) is 0 Å². The van der Waals surface area contributed by atoms with Crippen molar-refractivity contribution in [1.82, 2.24) is 15.1 Å². The van der Waals surface area contributed by atoms with Gasteiger partial charge in [-0.2, -0.15) is 5.10 Å². The van der Waals surface area contributed by atoms with Crippen LogP contribution in [0.1, 0.15) is 19.3 Å². The summed E-state index contributed by atoms with van der Waals surface area (Å²) < 4.78 is 7.25. The number of nitrogens with zero attached hydrogens (tertiary/aromatic N) is 2. The zero-order valence-corrected chi connectivity index (χ0v) is 8.99. The van der Waals surface area contributed by atoms with Gasteiger partial charge in [-0.05, 0) is 32.9 Å². The summed E-state index contributed by atoms with van der Waals surface area (Å²) in [6, 6.07) is 0. The van der Waals surface area contributed by atoms with Crippen LogP contribution in [-0.4, -0.2) is 30.0 Å². The molecule has 0 saturated carbocycles. The minimum absolute atomic E-state index is 0.787. The second kappa shape index (κ2) is 6.43. The highest BCUT2D eigenvalue weighted by atomic mass is 16.5. The lowest BCUT2D eigenvalue weighted by Gasteiger charge is -2.02. The number of hydrogen-bond acceptors (Lipinski definition) is 3. The number of nitrogens with one attached hydrogen (secondary N) is 1. The van der Waals surface area contributed by atoms with Gasteiger partial charge in [-0.3, -0.25) is 4.68 Å². The monoisotopic (exact) mass is 197 g/mol. The van der Waals surface area contributed by atoms with E-state index in [1.807, 2.05) is 20.3 Å². The van der Waals surface area contributed by atoms with Crippen LogP contribution in [0.15, 0.2) is 12.4 Å². The Kier molecular flexibility index (Phi) is 5.07. The summed E-state index contributed by atoms with van der Waals surface area (Å²) >= 11 is 0. The molecule has 4 nitrogen and oxygen atoms in total. The zero-order valence-electron chi connectivity index (χ0n) is 8.99. The average Bonchev–Trinajstić information content (AvgIpc) is 2.58. The van der Waals surface area contributed by atoms with Crippen molar-refractivity contribution in [2.24, 2.45) is 7.05 Å². The molecule has 4 heteroatoms. The summed E-state index contributed by atoms with van der Waals surface area (Å²) in [7, 11) is 3.87. The van der Waals surface area contributed by atoms with Crippen LogP contribution in [0, 0.1) is 0 Å². The van der Waals surface area contributed by atoms with Crippen LogP contribution in [0.3, 0.4) is 0 Å². The molecule has 0 amide bonds. The first-order valence-corrected chi connectivity index (χ1v) is 5.09. The van der Waals surface area contributed by atoms with E-state index >= 15 is 0 Å². The molecule has 0 unspecified atom stereocenters. The predicted molar refractivity (Wildman–Crippen MR) is 56.5 cm³/mol. The number of rotatable bonds is 7. The Hall–Kier alpha value is -1.03. The minimum Gasteiger partial charge on any atom is -0.490 e. The van der Waals surface area contributed by atoms with E-state index in [-0.39, 0.29) is 0 Å². The van der Waals surface area contributed by atoms with Crippen molar-refractivity contribution in [1.29, 1.82) is 0 Å². The third kappa shape index (κ3) is 4.28. The molecule has 0 aliphatic heterocycles. The molecule has 0 aliphatic rings. The third-order valence-corrected chi connectivity index (χ3v) is 2.02. The number of ether oxygens (including phenoxy) is 1. The number of aryl methyl sites for hydroxylation is 1. The second-order valence-corrected chi connectivity index (χ2v) is 3.36. The first-order valence-electron chi connectivity index (χ1n) is 5.09. The van der Waals surface area contributed by atoms with E-state index in [0.29, 0.717) is 0 Å². The van der Waals surface area contributed by atoms with E-state index in [9.17, 15) is 0 Å². The standard InChI is InChI=1S/C10H19N3O/c1-11-6-4-3-5-7-14-10-8-12-13(2)9-10/h8-9,11H,3-7H2,1-2H3. The highest BCUT2D eigenvalue weighted by Gasteiger charge is 1.95. The van der Waals surface area contributed by atoms with Gasteiger partial charge in [0.2, 0.25) is 0 Å². The first-order chi connectivity index (χ1) is 6.83. The number of hydrogen-bond donors (Lipinski definition) is 1. The van der Waals surface area contributed by atoms with Crippen molar-refractivity contribution in [3.05, 3.63) is 12.4 Å². The average molecular weight is 197 g/mol. The summed E-state index contributed by atoms with van der Waals surface area (Å²) in [5.74, 6) is 0.862. The molecule has 0 bridgehead atoms. The molecule has 1 aromatic rings. The van der Waals surface area contributed by atoms with Crippen molar-refractivity contribution in [2.75, 3.05) is 20.2 Å². The van der Waals surface area contributed by atoms with Crippen molar-refractivity contribution < 1.29 is 4.74 Å². The fraction of sp³-hybridized carbons (Fsp3) is 0.700. The van der Waals surface area contributed by atoms with Gasteiger partial charge in [0, 0.05) is 7.05 Å². The molecule has 0 atom stereocenters. The molecule has 1 aromatic heterocycles. The molecule has 1 N–H and O–H groups in total. The molecule has 0 fully saturated rings. The van der Waals surface area contributed by atoms with Gasteiger partial charge in [0.25, 0.3) is 0 Å². The Morgan fingerprint density at radius 2 is 2.29 bits per heavy atom. The Balaban J connectivity index is 1.99. The first kappa shape index (κ1) is 11.0. The van der Waals surface area contributed by atoms with E-state index < -0.39 is 0 Å². The summed E-state index contributed by atoms with van der Waals surface area (Å²) in [5, 5.41) is 7.15. The molecule has 14 heavy (non-hydrogen) atoms. The fourth-order valence-corrected chi connectivity index (χ4v) is 1.24. The molecule has 0 aliphatic carbocycles. The summed E-state index contributed by atoms with van der Waals surface area (Å²) in [5.41, 5.74) is 0. The van der Waals surface area contributed by atoms with E-state index in [1.165, 1.54) is 12.8 Å². The zero-order chi connectivity index (χ0) is 10.2. The Bertz CT molecular complexity index is 247. The lowest BCUT2D eigenvalue weighted by molar-refractivity contribution is 0.305. The fourth-order valence-electron chi connectivity index (χ4n) is 1.24. The van der Waals surface area contributed by atoms with Crippen molar-refractivity contribution in [3.8, 4) is 5.75 Å².